The summed E-state index contributed by atoms with van der Waals surface area (Å²) in [7, 11) is 0. The van der Waals surface area contributed by atoms with Crippen molar-refractivity contribution in [2.75, 3.05) is 23.7 Å². The molecule has 0 bridgehead atoms. The van der Waals surface area contributed by atoms with Crippen molar-refractivity contribution >= 4 is 33.2 Å². The molecule has 2 fully saturated rings. The van der Waals surface area contributed by atoms with E-state index in [1.165, 1.54) is 25.7 Å². The van der Waals surface area contributed by atoms with Gasteiger partial charge in [0.15, 0.2) is 0 Å². The third-order valence-electron chi connectivity index (χ3n) is 4.43. The number of anilines is 2. The van der Waals surface area contributed by atoms with Gasteiger partial charge in [0.2, 0.25) is 5.91 Å². The molecule has 1 saturated carbocycles. The first-order chi connectivity index (χ1) is 10.7. The van der Waals surface area contributed by atoms with Crippen LogP contribution in [-0.4, -0.2) is 25.0 Å². The Morgan fingerprint density at radius 2 is 1.95 bits per heavy atom. The Kier molecular flexibility index (Phi) is 5.37. The number of rotatable bonds is 6. The first-order valence-electron chi connectivity index (χ1n) is 8.27. The molecule has 0 spiro atoms. The SMILES string of the molecule is O=C(CCC1CCNCC1)Nc1cc(Br)ccc1NC1CC1. The number of amides is 1. The van der Waals surface area contributed by atoms with Crippen LogP contribution in [0.5, 0.6) is 0 Å². The lowest BCUT2D eigenvalue weighted by Gasteiger charge is -2.22. The van der Waals surface area contributed by atoms with Gasteiger partial charge in [-0.15, -0.1) is 0 Å². The molecule has 1 aliphatic carbocycles. The lowest BCUT2D eigenvalue weighted by molar-refractivity contribution is -0.116. The van der Waals surface area contributed by atoms with Gasteiger partial charge >= 0.3 is 0 Å². The van der Waals surface area contributed by atoms with E-state index < -0.39 is 0 Å². The maximum absolute atomic E-state index is 12.3. The van der Waals surface area contributed by atoms with Gasteiger partial charge in [-0.1, -0.05) is 15.9 Å². The van der Waals surface area contributed by atoms with E-state index in [0.717, 1.165) is 35.4 Å². The first-order valence-corrected chi connectivity index (χ1v) is 9.06. The molecule has 3 N–H and O–H groups in total. The second-order valence-corrected chi connectivity index (χ2v) is 7.30. The Labute approximate surface area is 140 Å². The Bertz CT molecular complexity index is 525. The van der Waals surface area contributed by atoms with Crippen molar-refractivity contribution in [3.8, 4) is 0 Å². The van der Waals surface area contributed by atoms with E-state index in [1.807, 2.05) is 18.2 Å². The zero-order valence-electron chi connectivity index (χ0n) is 12.8. The minimum atomic E-state index is 0.121. The predicted molar refractivity (Wildman–Crippen MR) is 94.2 cm³/mol. The third kappa shape index (κ3) is 4.71. The summed E-state index contributed by atoms with van der Waals surface area (Å²) in [4.78, 5) is 12.3. The molecule has 1 aliphatic heterocycles. The maximum atomic E-state index is 12.3. The summed E-state index contributed by atoms with van der Waals surface area (Å²) in [6.07, 6.45) is 6.43. The van der Waals surface area contributed by atoms with Crippen molar-refractivity contribution in [3.05, 3.63) is 22.7 Å². The molecule has 3 rings (SSSR count). The van der Waals surface area contributed by atoms with Crippen LogP contribution < -0.4 is 16.0 Å². The molecular formula is C17H24BrN3O. The van der Waals surface area contributed by atoms with E-state index in [-0.39, 0.29) is 5.91 Å². The Balaban J connectivity index is 1.54. The van der Waals surface area contributed by atoms with Gasteiger partial charge in [-0.3, -0.25) is 4.79 Å². The number of carbonyl (C=O) groups is 1. The van der Waals surface area contributed by atoms with Crippen LogP contribution in [0.4, 0.5) is 11.4 Å². The average molecular weight is 366 g/mol. The van der Waals surface area contributed by atoms with Crippen LogP contribution in [0.2, 0.25) is 0 Å². The van der Waals surface area contributed by atoms with Gasteiger partial charge < -0.3 is 16.0 Å². The number of halogens is 1. The van der Waals surface area contributed by atoms with Crippen LogP contribution in [0, 0.1) is 5.92 Å². The molecule has 0 atom stereocenters. The smallest absolute Gasteiger partial charge is 0.224 e. The van der Waals surface area contributed by atoms with Crippen LogP contribution in [0.25, 0.3) is 0 Å². The van der Waals surface area contributed by atoms with Crippen LogP contribution in [0.15, 0.2) is 22.7 Å². The fourth-order valence-electron chi connectivity index (χ4n) is 2.91. The highest BCUT2D eigenvalue weighted by Gasteiger charge is 2.22. The van der Waals surface area contributed by atoms with Gasteiger partial charge in [0.1, 0.15) is 0 Å². The molecule has 4 nitrogen and oxygen atoms in total. The monoisotopic (exact) mass is 365 g/mol. The fourth-order valence-corrected chi connectivity index (χ4v) is 3.27. The van der Waals surface area contributed by atoms with Crippen LogP contribution in [0.3, 0.4) is 0 Å². The van der Waals surface area contributed by atoms with Crippen molar-refractivity contribution in [1.29, 1.82) is 0 Å². The molecule has 2 aliphatic rings. The molecule has 1 amide bonds. The average Bonchev–Trinajstić information content (AvgIpc) is 3.33. The summed E-state index contributed by atoms with van der Waals surface area (Å²) in [6, 6.07) is 6.60. The summed E-state index contributed by atoms with van der Waals surface area (Å²) in [5.41, 5.74) is 1.91. The number of nitrogens with one attached hydrogen (secondary N) is 3. The zero-order chi connectivity index (χ0) is 15.4. The lowest BCUT2D eigenvalue weighted by atomic mass is 9.93. The molecule has 1 aromatic carbocycles. The van der Waals surface area contributed by atoms with Crippen molar-refractivity contribution in [3.63, 3.8) is 0 Å². The Morgan fingerprint density at radius 3 is 2.68 bits per heavy atom. The number of benzene rings is 1. The van der Waals surface area contributed by atoms with Crippen LogP contribution in [-0.2, 0) is 4.79 Å². The van der Waals surface area contributed by atoms with Crippen molar-refractivity contribution < 1.29 is 4.79 Å². The standard InChI is InChI=1S/C17H24BrN3O/c18-13-2-5-15(20-14-3-4-14)16(11-13)21-17(22)6-1-12-7-9-19-10-8-12/h2,5,11-12,14,19-20H,1,3-4,6-10H2,(H,21,22). The number of piperidine rings is 1. The van der Waals surface area contributed by atoms with Gasteiger partial charge in [0.25, 0.3) is 0 Å². The second-order valence-electron chi connectivity index (χ2n) is 6.39. The minimum absolute atomic E-state index is 0.121. The van der Waals surface area contributed by atoms with E-state index in [2.05, 4.69) is 31.9 Å². The topological polar surface area (TPSA) is 53.2 Å². The normalized spacial score (nSPS) is 19.0. The summed E-state index contributed by atoms with van der Waals surface area (Å²) < 4.78 is 0.988. The molecule has 120 valence electrons. The second kappa shape index (κ2) is 7.47. The van der Waals surface area contributed by atoms with E-state index in [9.17, 15) is 4.79 Å². The molecule has 0 radical (unpaired) electrons. The Hall–Kier alpha value is -1.07. The molecular weight excluding hydrogens is 342 g/mol. The maximum Gasteiger partial charge on any atom is 0.224 e. The molecule has 5 heteroatoms. The summed E-state index contributed by atoms with van der Waals surface area (Å²) >= 11 is 3.48. The van der Waals surface area contributed by atoms with Crippen molar-refractivity contribution in [2.45, 2.75) is 44.6 Å². The fraction of sp³-hybridized carbons (Fsp3) is 0.588. The lowest BCUT2D eigenvalue weighted by Crippen LogP contribution is -2.28. The van der Waals surface area contributed by atoms with Crippen LogP contribution in [0.1, 0.15) is 38.5 Å². The highest BCUT2D eigenvalue weighted by Crippen LogP contribution is 2.31. The van der Waals surface area contributed by atoms with E-state index in [0.29, 0.717) is 18.4 Å². The molecule has 1 aromatic rings. The summed E-state index contributed by atoms with van der Waals surface area (Å²) in [6.45, 7) is 2.18. The van der Waals surface area contributed by atoms with Gasteiger partial charge in [0.05, 0.1) is 11.4 Å². The van der Waals surface area contributed by atoms with Gasteiger partial charge in [-0.05, 0) is 69.3 Å². The number of hydrogen-bond donors (Lipinski definition) is 3. The van der Waals surface area contributed by atoms with Gasteiger partial charge in [0, 0.05) is 16.9 Å². The zero-order valence-corrected chi connectivity index (χ0v) is 14.4. The van der Waals surface area contributed by atoms with E-state index >= 15 is 0 Å². The van der Waals surface area contributed by atoms with Gasteiger partial charge in [-0.25, -0.2) is 0 Å². The van der Waals surface area contributed by atoms with Crippen molar-refractivity contribution in [2.24, 2.45) is 5.92 Å². The molecule has 22 heavy (non-hydrogen) atoms. The highest BCUT2D eigenvalue weighted by atomic mass is 79.9. The number of hydrogen-bond acceptors (Lipinski definition) is 3. The summed E-state index contributed by atoms with van der Waals surface area (Å²) in [5, 5.41) is 9.92. The quantitative estimate of drug-likeness (QED) is 0.719. The molecule has 0 aromatic heterocycles. The number of carbonyl (C=O) groups excluding carboxylic acids is 1. The third-order valence-corrected chi connectivity index (χ3v) is 4.92. The predicted octanol–water partition coefficient (Wildman–Crippen LogP) is 3.74. The van der Waals surface area contributed by atoms with E-state index in [1.54, 1.807) is 0 Å². The van der Waals surface area contributed by atoms with Gasteiger partial charge in [-0.2, -0.15) is 0 Å². The first kappa shape index (κ1) is 15.8. The van der Waals surface area contributed by atoms with Crippen LogP contribution >= 0.6 is 15.9 Å². The molecule has 1 heterocycles. The van der Waals surface area contributed by atoms with E-state index in [4.69, 9.17) is 0 Å². The minimum Gasteiger partial charge on any atom is -0.381 e. The highest BCUT2D eigenvalue weighted by molar-refractivity contribution is 9.10. The summed E-state index contributed by atoms with van der Waals surface area (Å²) in [5.74, 6) is 0.814. The molecule has 0 unspecified atom stereocenters. The largest absolute Gasteiger partial charge is 0.381 e. The Morgan fingerprint density at radius 1 is 1.18 bits per heavy atom. The molecule has 1 saturated heterocycles. The van der Waals surface area contributed by atoms with Crippen molar-refractivity contribution in [1.82, 2.24) is 5.32 Å².